The molecular formula is C13H21BO2. The number of benzene rings is 1. The van der Waals surface area contributed by atoms with Crippen molar-refractivity contribution in [1.82, 2.24) is 0 Å². The lowest BCUT2D eigenvalue weighted by atomic mass is 9.82. The molecule has 1 aromatic rings. The molecule has 0 spiro atoms. The predicted molar refractivity (Wildman–Crippen MR) is 68.4 cm³/mol. The zero-order chi connectivity index (χ0) is 11.8. The summed E-state index contributed by atoms with van der Waals surface area (Å²) in [5.41, 5.74) is 2.55. The molecule has 0 radical (unpaired) electrons. The van der Waals surface area contributed by atoms with Crippen molar-refractivity contribution >= 4 is 7.12 Å². The molecule has 2 N–H and O–H groups in total. The van der Waals surface area contributed by atoms with Crippen LogP contribution in [0.1, 0.15) is 37.3 Å². The van der Waals surface area contributed by atoms with Gasteiger partial charge in [0.25, 0.3) is 0 Å². The Morgan fingerprint density at radius 1 is 0.938 bits per heavy atom. The molecule has 1 aromatic carbocycles. The Balaban J connectivity index is 2.35. The molecule has 0 aliphatic rings. The van der Waals surface area contributed by atoms with E-state index >= 15 is 0 Å². The van der Waals surface area contributed by atoms with Crippen molar-refractivity contribution in [2.75, 3.05) is 0 Å². The van der Waals surface area contributed by atoms with Gasteiger partial charge in [0, 0.05) is 0 Å². The molecule has 0 atom stereocenters. The van der Waals surface area contributed by atoms with Crippen molar-refractivity contribution < 1.29 is 10.0 Å². The fraction of sp³-hybridized carbons (Fsp3) is 0.538. The lowest BCUT2D eigenvalue weighted by Gasteiger charge is -2.04. The molecule has 0 amide bonds. The van der Waals surface area contributed by atoms with Crippen LogP contribution >= 0.6 is 0 Å². The summed E-state index contributed by atoms with van der Waals surface area (Å²) >= 11 is 0. The number of unbranched alkanes of at least 4 members (excludes halogenated alkanes) is 2. The molecule has 0 aromatic heterocycles. The molecule has 0 unspecified atom stereocenters. The molecule has 1 rings (SSSR count). The van der Waals surface area contributed by atoms with Gasteiger partial charge in [-0.2, -0.15) is 0 Å². The van der Waals surface area contributed by atoms with E-state index in [1.807, 2.05) is 0 Å². The Hall–Kier alpha value is -0.795. The van der Waals surface area contributed by atoms with Crippen molar-refractivity contribution in [1.29, 1.82) is 0 Å². The monoisotopic (exact) mass is 220 g/mol. The standard InChI is InChI=1S/C13H21BO2/c1-2-3-4-5-12-6-8-13(9-7-12)10-11-14(15)16/h6-9,15-16H,2-5,10-11H2,1H3. The zero-order valence-corrected chi connectivity index (χ0v) is 10.0. The maximum Gasteiger partial charge on any atom is 0.451 e. The first-order valence-electron chi connectivity index (χ1n) is 6.16. The second-order valence-corrected chi connectivity index (χ2v) is 4.29. The first-order chi connectivity index (χ1) is 7.72. The quantitative estimate of drug-likeness (QED) is 0.547. The maximum absolute atomic E-state index is 8.77. The lowest BCUT2D eigenvalue weighted by molar-refractivity contribution is 0.405. The van der Waals surface area contributed by atoms with E-state index in [-0.39, 0.29) is 0 Å². The Labute approximate surface area is 98.5 Å². The third-order valence-electron chi connectivity index (χ3n) is 2.78. The molecular weight excluding hydrogens is 199 g/mol. The van der Waals surface area contributed by atoms with Crippen LogP contribution < -0.4 is 0 Å². The Bertz CT molecular complexity index is 282. The molecule has 16 heavy (non-hydrogen) atoms. The van der Waals surface area contributed by atoms with E-state index in [1.165, 1.54) is 30.4 Å². The highest BCUT2D eigenvalue weighted by Gasteiger charge is 2.06. The summed E-state index contributed by atoms with van der Waals surface area (Å²) in [4.78, 5) is 0. The molecule has 0 aliphatic carbocycles. The van der Waals surface area contributed by atoms with Crippen LogP contribution in [0.5, 0.6) is 0 Å². The highest BCUT2D eigenvalue weighted by atomic mass is 16.4. The van der Waals surface area contributed by atoms with Crippen LogP contribution in [0.25, 0.3) is 0 Å². The van der Waals surface area contributed by atoms with Gasteiger partial charge in [0.2, 0.25) is 0 Å². The smallest absolute Gasteiger partial charge is 0.427 e. The topological polar surface area (TPSA) is 40.5 Å². The van der Waals surface area contributed by atoms with Crippen LogP contribution in [0.3, 0.4) is 0 Å². The number of hydrogen-bond donors (Lipinski definition) is 2. The Morgan fingerprint density at radius 3 is 2.00 bits per heavy atom. The molecule has 0 aliphatic heterocycles. The molecule has 0 bridgehead atoms. The van der Waals surface area contributed by atoms with Crippen LogP contribution in [0.4, 0.5) is 0 Å². The predicted octanol–water partition coefficient (Wildman–Crippen LogP) is 2.43. The summed E-state index contributed by atoms with van der Waals surface area (Å²) in [5, 5.41) is 17.5. The van der Waals surface area contributed by atoms with Crippen LogP contribution in [0.2, 0.25) is 6.32 Å². The highest BCUT2D eigenvalue weighted by molar-refractivity contribution is 6.40. The number of aryl methyl sites for hydroxylation is 2. The summed E-state index contributed by atoms with van der Waals surface area (Å²) in [5.74, 6) is 0. The van der Waals surface area contributed by atoms with Gasteiger partial charge >= 0.3 is 7.12 Å². The van der Waals surface area contributed by atoms with Gasteiger partial charge < -0.3 is 10.0 Å². The first kappa shape index (κ1) is 13.3. The summed E-state index contributed by atoms with van der Waals surface area (Å²) in [7, 11) is -1.19. The van der Waals surface area contributed by atoms with Crippen LogP contribution in [0.15, 0.2) is 24.3 Å². The normalized spacial score (nSPS) is 10.4. The minimum Gasteiger partial charge on any atom is -0.427 e. The van der Waals surface area contributed by atoms with Crippen molar-refractivity contribution in [3.8, 4) is 0 Å². The van der Waals surface area contributed by atoms with Gasteiger partial charge in [-0.3, -0.25) is 0 Å². The maximum atomic E-state index is 8.77. The molecule has 0 heterocycles. The molecule has 3 heteroatoms. The van der Waals surface area contributed by atoms with E-state index in [2.05, 4.69) is 31.2 Å². The summed E-state index contributed by atoms with van der Waals surface area (Å²) in [6.07, 6.45) is 6.09. The van der Waals surface area contributed by atoms with Gasteiger partial charge in [0.15, 0.2) is 0 Å². The van der Waals surface area contributed by atoms with Crippen molar-refractivity contribution in [3.63, 3.8) is 0 Å². The van der Waals surface area contributed by atoms with Gasteiger partial charge in [0.1, 0.15) is 0 Å². The zero-order valence-electron chi connectivity index (χ0n) is 10.0. The largest absolute Gasteiger partial charge is 0.451 e. The molecule has 0 fully saturated rings. The van der Waals surface area contributed by atoms with Gasteiger partial charge in [-0.15, -0.1) is 0 Å². The summed E-state index contributed by atoms with van der Waals surface area (Å²) in [6.45, 7) is 2.21. The van der Waals surface area contributed by atoms with Gasteiger partial charge in [0.05, 0.1) is 0 Å². The molecule has 0 saturated carbocycles. The van der Waals surface area contributed by atoms with E-state index in [4.69, 9.17) is 10.0 Å². The van der Waals surface area contributed by atoms with E-state index in [1.54, 1.807) is 0 Å². The van der Waals surface area contributed by atoms with Gasteiger partial charge in [-0.25, -0.2) is 0 Å². The first-order valence-corrected chi connectivity index (χ1v) is 6.16. The summed E-state index contributed by atoms with van der Waals surface area (Å²) in [6, 6.07) is 8.47. The van der Waals surface area contributed by atoms with Crippen LogP contribution in [-0.4, -0.2) is 17.2 Å². The fourth-order valence-electron chi connectivity index (χ4n) is 1.75. The SMILES string of the molecule is CCCCCc1ccc(CCB(O)O)cc1. The minimum absolute atomic E-state index is 0.412. The second kappa shape index (κ2) is 7.47. The van der Waals surface area contributed by atoms with Crippen LogP contribution in [-0.2, 0) is 12.8 Å². The molecule has 88 valence electrons. The molecule has 2 nitrogen and oxygen atoms in total. The summed E-state index contributed by atoms with van der Waals surface area (Å²) < 4.78 is 0. The van der Waals surface area contributed by atoms with E-state index in [0.29, 0.717) is 6.32 Å². The Morgan fingerprint density at radius 2 is 1.50 bits per heavy atom. The number of rotatable bonds is 7. The third kappa shape index (κ3) is 5.33. The van der Waals surface area contributed by atoms with Crippen molar-refractivity contribution in [2.24, 2.45) is 0 Å². The van der Waals surface area contributed by atoms with Gasteiger partial charge in [-0.1, -0.05) is 44.0 Å². The lowest BCUT2D eigenvalue weighted by Crippen LogP contribution is -2.11. The number of hydrogen-bond acceptors (Lipinski definition) is 2. The average Bonchev–Trinajstić information content (AvgIpc) is 2.28. The Kier molecular flexibility index (Phi) is 6.20. The minimum atomic E-state index is -1.19. The molecule has 0 saturated heterocycles. The third-order valence-corrected chi connectivity index (χ3v) is 2.78. The van der Waals surface area contributed by atoms with Gasteiger partial charge in [-0.05, 0) is 36.7 Å². The van der Waals surface area contributed by atoms with E-state index in [9.17, 15) is 0 Å². The van der Waals surface area contributed by atoms with Crippen molar-refractivity contribution in [2.45, 2.75) is 45.3 Å². The van der Waals surface area contributed by atoms with Crippen LogP contribution in [0, 0.1) is 0 Å². The highest BCUT2D eigenvalue weighted by Crippen LogP contribution is 2.10. The fourth-order valence-corrected chi connectivity index (χ4v) is 1.75. The van der Waals surface area contributed by atoms with Crippen molar-refractivity contribution in [3.05, 3.63) is 35.4 Å². The van der Waals surface area contributed by atoms with E-state index in [0.717, 1.165) is 12.8 Å². The van der Waals surface area contributed by atoms with E-state index < -0.39 is 7.12 Å². The average molecular weight is 220 g/mol. The second-order valence-electron chi connectivity index (χ2n) is 4.29.